The summed E-state index contributed by atoms with van der Waals surface area (Å²) < 4.78 is 20.2. The number of rotatable bonds is 7. The molecule has 39 heavy (non-hydrogen) atoms. The molecule has 1 fully saturated rings. The molecule has 6 rings (SSSR count). The van der Waals surface area contributed by atoms with Crippen LogP contribution >= 0.6 is 0 Å². The highest BCUT2D eigenvalue weighted by atomic mass is 16.5. The molecule has 2 aliphatic rings. The third kappa shape index (κ3) is 4.51. The van der Waals surface area contributed by atoms with Crippen molar-refractivity contribution in [1.29, 1.82) is 0 Å². The summed E-state index contributed by atoms with van der Waals surface area (Å²) in [7, 11) is 1.58. The molecule has 2 aliphatic heterocycles. The lowest BCUT2D eigenvalue weighted by Gasteiger charge is -2.22. The first-order valence-electron chi connectivity index (χ1n) is 13.4. The molecule has 4 aromatic rings. The number of para-hydroxylation sites is 1. The first kappa shape index (κ1) is 25.3. The molecular weight excluding hydrogens is 494 g/mol. The molecule has 0 amide bonds. The first-order valence-corrected chi connectivity index (χ1v) is 13.4. The number of aromatic amines is 1. The maximum Gasteiger partial charge on any atom is 0.274 e. The standard InChI is InChI=1S/C30H33N5O4/c1-5-8-24(38-13-6-2)19-15-23-28-25(16-19)39-20-14-18(3)34(17-20)11-12-35-30(36)22-10-7-9-21(26(22)33-35)27(32-28)29(31-23)37-4/h5-7,9-10,15-16,18,20,24,33H,1-2,8,11-14,17H2,3-4H3/t18-,20?,24?/m1/s1. The monoisotopic (exact) mass is 527 g/mol. The van der Waals surface area contributed by atoms with E-state index < -0.39 is 0 Å². The van der Waals surface area contributed by atoms with Crippen molar-refractivity contribution in [3.63, 3.8) is 0 Å². The minimum Gasteiger partial charge on any atom is -0.487 e. The summed E-state index contributed by atoms with van der Waals surface area (Å²) >= 11 is 0. The summed E-state index contributed by atoms with van der Waals surface area (Å²) in [6, 6.07) is 9.95. The molecule has 202 valence electrons. The van der Waals surface area contributed by atoms with Gasteiger partial charge in [-0.15, -0.1) is 13.2 Å². The lowest BCUT2D eigenvalue weighted by Crippen LogP contribution is -2.33. The van der Waals surface area contributed by atoms with Crippen LogP contribution in [0.2, 0.25) is 0 Å². The number of aromatic nitrogens is 4. The fraction of sp³-hybridized carbons (Fsp3) is 0.367. The van der Waals surface area contributed by atoms with Crippen molar-refractivity contribution in [3.8, 4) is 22.9 Å². The molecule has 4 atom stereocenters. The Labute approximate surface area is 226 Å². The van der Waals surface area contributed by atoms with E-state index in [0.29, 0.717) is 64.9 Å². The Morgan fingerprint density at radius 2 is 2.10 bits per heavy atom. The van der Waals surface area contributed by atoms with Crippen LogP contribution in [0.3, 0.4) is 0 Å². The van der Waals surface area contributed by atoms with Gasteiger partial charge in [0.15, 0.2) is 0 Å². The quantitative estimate of drug-likeness (QED) is 0.351. The predicted octanol–water partition coefficient (Wildman–Crippen LogP) is 4.62. The Balaban J connectivity index is 1.61. The third-order valence-electron chi connectivity index (χ3n) is 7.70. The lowest BCUT2D eigenvalue weighted by atomic mass is 10.0. The molecule has 1 saturated heterocycles. The Kier molecular flexibility index (Phi) is 6.70. The van der Waals surface area contributed by atoms with Crippen LogP contribution in [0.4, 0.5) is 0 Å². The van der Waals surface area contributed by atoms with Crippen molar-refractivity contribution in [1.82, 2.24) is 24.6 Å². The van der Waals surface area contributed by atoms with Crippen LogP contribution in [0.1, 0.15) is 31.4 Å². The molecule has 4 heterocycles. The first-order chi connectivity index (χ1) is 19.0. The second-order valence-electron chi connectivity index (χ2n) is 10.2. The van der Waals surface area contributed by atoms with E-state index in [1.807, 2.05) is 36.4 Å². The number of nitrogens with one attached hydrogen (secondary N) is 1. The van der Waals surface area contributed by atoms with Gasteiger partial charge in [-0.2, -0.15) is 0 Å². The lowest BCUT2D eigenvalue weighted by molar-refractivity contribution is 0.0764. The van der Waals surface area contributed by atoms with Crippen molar-refractivity contribution in [2.24, 2.45) is 0 Å². The topological polar surface area (TPSA) is 94.5 Å². The van der Waals surface area contributed by atoms with Gasteiger partial charge < -0.3 is 14.2 Å². The maximum absolute atomic E-state index is 13.3. The second kappa shape index (κ2) is 10.3. The van der Waals surface area contributed by atoms with Gasteiger partial charge in [0.1, 0.15) is 23.1 Å². The van der Waals surface area contributed by atoms with Crippen molar-refractivity contribution in [2.75, 3.05) is 26.8 Å². The zero-order valence-electron chi connectivity index (χ0n) is 22.4. The average molecular weight is 528 g/mol. The summed E-state index contributed by atoms with van der Waals surface area (Å²) in [5.74, 6) is 1.02. The normalized spacial score (nSPS) is 21.1. The molecule has 9 heteroatoms. The van der Waals surface area contributed by atoms with E-state index in [0.717, 1.165) is 30.6 Å². The predicted molar refractivity (Wildman–Crippen MR) is 151 cm³/mol. The Bertz CT molecular complexity index is 1620. The van der Waals surface area contributed by atoms with E-state index in [-0.39, 0.29) is 17.8 Å². The van der Waals surface area contributed by atoms with Crippen molar-refractivity contribution in [3.05, 3.63) is 71.6 Å². The van der Waals surface area contributed by atoms with Crippen LogP contribution < -0.4 is 15.0 Å². The van der Waals surface area contributed by atoms with Crippen LogP contribution in [0.25, 0.3) is 33.2 Å². The van der Waals surface area contributed by atoms with Gasteiger partial charge in [0.05, 0.1) is 42.8 Å². The number of H-pyrrole nitrogens is 1. The Morgan fingerprint density at radius 1 is 1.23 bits per heavy atom. The van der Waals surface area contributed by atoms with Gasteiger partial charge in [-0.3, -0.25) is 19.5 Å². The van der Waals surface area contributed by atoms with Gasteiger partial charge in [0.25, 0.3) is 5.56 Å². The summed E-state index contributed by atoms with van der Waals surface area (Å²) in [6.07, 6.45) is 4.82. The molecule has 3 unspecified atom stereocenters. The summed E-state index contributed by atoms with van der Waals surface area (Å²) in [5.41, 5.74) is 4.16. The number of benzene rings is 2. The number of hydrogen-bond acceptors (Lipinski definition) is 7. The fourth-order valence-electron chi connectivity index (χ4n) is 5.75. The van der Waals surface area contributed by atoms with Gasteiger partial charge in [-0.25, -0.2) is 9.97 Å². The molecule has 0 aliphatic carbocycles. The van der Waals surface area contributed by atoms with E-state index in [2.05, 4.69) is 30.1 Å². The molecule has 9 nitrogen and oxygen atoms in total. The van der Waals surface area contributed by atoms with Gasteiger partial charge in [-0.1, -0.05) is 24.3 Å². The number of methoxy groups -OCH3 is 1. The highest BCUT2D eigenvalue weighted by Gasteiger charge is 2.32. The zero-order valence-corrected chi connectivity index (χ0v) is 22.4. The maximum atomic E-state index is 13.3. The van der Waals surface area contributed by atoms with Gasteiger partial charge in [0.2, 0.25) is 5.88 Å². The molecule has 2 aromatic carbocycles. The van der Waals surface area contributed by atoms with E-state index in [9.17, 15) is 4.79 Å². The molecule has 0 saturated carbocycles. The number of fused-ring (bicyclic) bond motifs is 5. The van der Waals surface area contributed by atoms with Gasteiger partial charge in [0, 0.05) is 31.1 Å². The van der Waals surface area contributed by atoms with Crippen molar-refractivity contribution in [2.45, 2.75) is 44.6 Å². The van der Waals surface area contributed by atoms with E-state index in [4.69, 9.17) is 24.2 Å². The molecule has 2 aromatic heterocycles. The van der Waals surface area contributed by atoms with Crippen LogP contribution in [-0.2, 0) is 11.3 Å². The van der Waals surface area contributed by atoms with E-state index >= 15 is 0 Å². The average Bonchev–Trinajstić information content (AvgIpc) is 3.46. The van der Waals surface area contributed by atoms with Crippen LogP contribution in [0, 0.1) is 0 Å². The van der Waals surface area contributed by atoms with Crippen LogP contribution in [0.5, 0.6) is 11.6 Å². The highest BCUT2D eigenvalue weighted by molar-refractivity contribution is 5.95. The summed E-state index contributed by atoms with van der Waals surface area (Å²) in [6.45, 7) is 12.4. The highest BCUT2D eigenvalue weighted by Crippen LogP contribution is 2.38. The molecule has 0 radical (unpaired) electrons. The number of nitrogens with zero attached hydrogens (tertiary/aromatic N) is 4. The molecule has 6 bridgehead atoms. The van der Waals surface area contributed by atoms with Gasteiger partial charge in [-0.05, 0) is 37.1 Å². The second-order valence-corrected chi connectivity index (χ2v) is 10.2. The van der Waals surface area contributed by atoms with Crippen LogP contribution in [0.15, 0.2) is 60.4 Å². The SMILES string of the molecule is C=CCOC(CC=C)c1cc2c3nc(c(OC)nc3c1)-c1cccc3c(=O)n([nH]c13)CCN1CC(C[C@H]1C)O2. The van der Waals surface area contributed by atoms with Crippen molar-refractivity contribution >= 4 is 21.9 Å². The Morgan fingerprint density at radius 3 is 2.90 bits per heavy atom. The van der Waals surface area contributed by atoms with E-state index in [1.165, 1.54) is 0 Å². The minimum absolute atomic E-state index is 0.0282. The summed E-state index contributed by atoms with van der Waals surface area (Å²) in [4.78, 5) is 25.6. The fourth-order valence-corrected chi connectivity index (χ4v) is 5.75. The Hall–Kier alpha value is -3.95. The third-order valence-corrected chi connectivity index (χ3v) is 7.70. The number of hydrogen-bond donors (Lipinski definition) is 1. The largest absolute Gasteiger partial charge is 0.487 e. The molecule has 1 N–H and O–H groups in total. The number of ether oxygens (including phenoxy) is 3. The smallest absolute Gasteiger partial charge is 0.274 e. The minimum atomic E-state index is -0.233. The molecular formula is C30H33N5O4. The van der Waals surface area contributed by atoms with E-state index in [1.54, 1.807) is 17.9 Å². The van der Waals surface area contributed by atoms with Gasteiger partial charge >= 0.3 is 0 Å². The van der Waals surface area contributed by atoms with Crippen LogP contribution in [-0.4, -0.2) is 63.6 Å². The molecule has 0 spiro atoms. The van der Waals surface area contributed by atoms with Crippen molar-refractivity contribution < 1.29 is 14.2 Å². The summed E-state index contributed by atoms with van der Waals surface area (Å²) in [5, 5.41) is 3.95. The zero-order chi connectivity index (χ0) is 27.1.